The molecule has 19 heavy (non-hydrogen) atoms. The molecular formula is C14H13N3OS. The molecule has 0 spiro atoms. The van der Waals surface area contributed by atoms with Crippen molar-refractivity contribution in [1.82, 2.24) is 4.98 Å². The molecule has 2 aromatic rings. The topological polar surface area (TPSA) is 71.9 Å². The standard InChI is InChI=1S/C14H13N3OS/c1-9(16)12(7-15)13-8-19-14(17-13)10-3-5-11(18-2)6-4-10/h3-6,8H,16H2,1-2H3/b12-9+. The average molecular weight is 271 g/mol. The third-order valence-electron chi connectivity index (χ3n) is 2.60. The summed E-state index contributed by atoms with van der Waals surface area (Å²) in [6.07, 6.45) is 0. The number of methoxy groups -OCH3 is 1. The summed E-state index contributed by atoms with van der Waals surface area (Å²) < 4.78 is 5.11. The second-order valence-corrected chi connectivity index (χ2v) is 4.79. The van der Waals surface area contributed by atoms with E-state index in [1.54, 1.807) is 14.0 Å². The Morgan fingerprint density at radius 2 is 2.05 bits per heavy atom. The first kappa shape index (κ1) is 13.1. The number of allylic oxidation sites excluding steroid dienone is 2. The van der Waals surface area contributed by atoms with Crippen molar-refractivity contribution >= 4 is 16.9 Å². The van der Waals surface area contributed by atoms with Crippen LogP contribution in [-0.2, 0) is 0 Å². The van der Waals surface area contributed by atoms with Crippen LogP contribution >= 0.6 is 11.3 Å². The van der Waals surface area contributed by atoms with Crippen molar-refractivity contribution in [3.05, 3.63) is 41.0 Å². The Hall–Kier alpha value is -2.32. The van der Waals surface area contributed by atoms with Gasteiger partial charge in [0.2, 0.25) is 0 Å². The van der Waals surface area contributed by atoms with Crippen LogP contribution in [0.2, 0.25) is 0 Å². The number of nitriles is 1. The van der Waals surface area contributed by atoms with Gasteiger partial charge in [-0.05, 0) is 31.2 Å². The summed E-state index contributed by atoms with van der Waals surface area (Å²) in [5, 5.41) is 11.8. The zero-order valence-electron chi connectivity index (χ0n) is 10.7. The predicted molar refractivity (Wildman–Crippen MR) is 76.5 cm³/mol. The Balaban J connectivity index is 2.36. The Morgan fingerprint density at radius 3 is 2.58 bits per heavy atom. The zero-order chi connectivity index (χ0) is 13.8. The molecule has 0 amide bonds. The smallest absolute Gasteiger partial charge is 0.124 e. The second kappa shape index (κ2) is 5.55. The van der Waals surface area contributed by atoms with Crippen LogP contribution in [0.4, 0.5) is 0 Å². The van der Waals surface area contributed by atoms with Crippen molar-refractivity contribution in [3.63, 3.8) is 0 Å². The van der Waals surface area contributed by atoms with E-state index in [0.29, 0.717) is 17.0 Å². The molecular weight excluding hydrogens is 258 g/mol. The van der Waals surface area contributed by atoms with Crippen molar-refractivity contribution in [3.8, 4) is 22.4 Å². The molecule has 0 aliphatic heterocycles. The van der Waals surface area contributed by atoms with Crippen molar-refractivity contribution in [2.75, 3.05) is 7.11 Å². The fourth-order valence-electron chi connectivity index (χ4n) is 1.60. The SMILES string of the molecule is COc1ccc(-c2nc(/C(C#N)=C(\C)N)cs2)cc1. The first-order valence-electron chi connectivity index (χ1n) is 5.62. The lowest BCUT2D eigenvalue weighted by molar-refractivity contribution is 0.415. The lowest BCUT2D eigenvalue weighted by atomic mass is 10.2. The van der Waals surface area contributed by atoms with Crippen LogP contribution in [0, 0.1) is 11.3 Å². The van der Waals surface area contributed by atoms with Crippen LogP contribution in [-0.4, -0.2) is 12.1 Å². The Labute approximate surface area is 115 Å². The molecule has 2 rings (SSSR count). The van der Waals surface area contributed by atoms with Gasteiger partial charge >= 0.3 is 0 Å². The van der Waals surface area contributed by atoms with Crippen LogP contribution in [0.15, 0.2) is 35.3 Å². The molecule has 5 heteroatoms. The highest BCUT2D eigenvalue weighted by atomic mass is 32.1. The maximum Gasteiger partial charge on any atom is 0.124 e. The Bertz CT molecular complexity index is 646. The molecule has 0 fully saturated rings. The quantitative estimate of drug-likeness (QED) is 0.871. The summed E-state index contributed by atoms with van der Waals surface area (Å²) in [5.74, 6) is 0.802. The van der Waals surface area contributed by atoms with E-state index in [9.17, 15) is 0 Å². The highest BCUT2D eigenvalue weighted by Gasteiger charge is 2.10. The van der Waals surface area contributed by atoms with Gasteiger partial charge in [0.05, 0.1) is 18.4 Å². The molecule has 0 bridgehead atoms. The molecule has 2 N–H and O–H groups in total. The molecule has 0 saturated heterocycles. The number of nitrogens with two attached hydrogens (primary N) is 1. The molecule has 0 aliphatic carbocycles. The molecule has 1 heterocycles. The monoisotopic (exact) mass is 271 g/mol. The summed E-state index contributed by atoms with van der Waals surface area (Å²) in [7, 11) is 1.63. The number of aromatic nitrogens is 1. The van der Waals surface area contributed by atoms with Crippen LogP contribution < -0.4 is 10.5 Å². The first-order valence-corrected chi connectivity index (χ1v) is 6.50. The fourth-order valence-corrected chi connectivity index (χ4v) is 2.42. The van der Waals surface area contributed by atoms with Crippen LogP contribution in [0.1, 0.15) is 12.6 Å². The zero-order valence-corrected chi connectivity index (χ0v) is 11.5. The lowest BCUT2D eigenvalue weighted by Crippen LogP contribution is -1.96. The molecule has 4 nitrogen and oxygen atoms in total. The third kappa shape index (κ3) is 2.75. The molecule has 0 unspecified atom stereocenters. The second-order valence-electron chi connectivity index (χ2n) is 3.94. The maximum atomic E-state index is 9.06. The molecule has 1 aromatic carbocycles. The maximum absolute atomic E-state index is 9.06. The van der Waals surface area contributed by atoms with Crippen molar-refractivity contribution in [2.24, 2.45) is 5.73 Å². The largest absolute Gasteiger partial charge is 0.497 e. The van der Waals surface area contributed by atoms with E-state index in [1.807, 2.05) is 29.6 Å². The van der Waals surface area contributed by atoms with E-state index in [0.717, 1.165) is 16.3 Å². The van der Waals surface area contributed by atoms with Gasteiger partial charge in [-0.15, -0.1) is 11.3 Å². The predicted octanol–water partition coefficient (Wildman–Crippen LogP) is 3.03. The van der Waals surface area contributed by atoms with E-state index in [2.05, 4.69) is 11.1 Å². The van der Waals surface area contributed by atoms with Gasteiger partial charge in [0.15, 0.2) is 0 Å². The van der Waals surface area contributed by atoms with Gasteiger partial charge < -0.3 is 10.5 Å². The summed E-state index contributed by atoms with van der Waals surface area (Å²) >= 11 is 1.48. The summed E-state index contributed by atoms with van der Waals surface area (Å²) in [4.78, 5) is 4.45. The molecule has 0 radical (unpaired) electrons. The van der Waals surface area contributed by atoms with Gasteiger partial charge in [-0.1, -0.05) is 0 Å². The third-order valence-corrected chi connectivity index (χ3v) is 3.49. The van der Waals surface area contributed by atoms with E-state index in [4.69, 9.17) is 15.7 Å². The number of hydrogen-bond acceptors (Lipinski definition) is 5. The van der Waals surface area contributed by atoms with Gasteiger partial charge in [0.25, 0.3) is 0 Å². The molecule has 1 aromatic heterocycles. The molecule has 0 aliphatic rings. The minimum absolute atomic E-state index is 0.427. The van der Waals surface area contributed by atoms with Crippen LogP contribution in [0.5, 0.6) is 5.75 Å². The molecule has 96 valence electrons. The van der Waals surface area contributed by atoms with E-state index in [-0.39, 0.29) is 0 Å². The van der Waals surface area contributed by atoms with Gasteiger partial charge in [-0.25, -0.2) is 4.98 Å². The van der Waals surface area contributed by atoms with Crippen LogP contribution in [0.3, 0.4) is 0 Å². The summed E-state index contributed by atoms with van der Waals surface area (Å²) in [6, 6.07) is 9.71. The molecule has 0 saturated carbocycles. The summed E-state index contributed by atoms with van der Waals surface area (Å²) in [6.45, 7) is 1.70. The number of benzene rings is 1. The highest BCUT2D eigenvalue weighted by Crippen LogP contribution is 2.28. The Morgan fingerprint density at radius 1 is 1.37 bits per heavy atom. The van der Waals surface area contributed by atoms with E-state index >= 15 is 0 Å². The normalized spacial score (nSPS) is 11.6. The van der Waals surface area contributed by atoms with E-state index < -0.39 is 0 Å². The van der Waals surface area contributed by atoms with Crippen molar-refractivity contribution < 1.29 is 4.74 Å². The number of ether oxygens (including phenoxy) is 1. The fraction of sp³-hybridized carbons (Fsp3) is 0.143. The van der Waals surface area contributed by atoms with Crippen LogP contribution in [0.25, 0.3) is 16.1 Å². The lowest BCUT2D eigenvalue weighted by Gasteiger charge is -2.00. The average Bonchev–Trinajstić information content (AvgIpc) is 2.89. The van der Waals surface area contributed by atoms with Gasteiger partial charge in [-0.2, -0.15) is 5.26 Å². The number of hydrogen-bond donors (Lipinski definition) is 1. The Kier molecular flexibility index (Phi) is 3.83. The van der Waals surface area contributed by atoms with Gasteiger partial charge in [0, 0.05) is 16.6 Å². The first-order chi connectivity index (χ1) is 9.15. The van der Waals surface area contributed by atoms with Crippen molar-refractivity contribution in [2.45, 2.75) is 6.92 Å². The number of nitrogens with zero attached hydrogens (tertiary/aromatic N) is 2. The highest BCUT2D eigenvalue weighted by molar-refractivity contribution is 7.13. The molecule has 0 atom stereocenters. The van der Waals surface area contributed by atoms with Gasteiger partial charge in [0.1, 0.15) is 16.8 Å². The summed E-state index contributed by atoms with van der Waals surface area (Å²) in [5.41, 5.74) is 8.19. The minimum atomic E-state index is 0.427. The minimum Gasteiger partial charge on any atom is -0.497 e. The van der Waals surface area contributed by atoms with E-state index in [1.165, 1.54) is 11.3 Å². The van der Waals surface area contributed by atoms with Gasteiger partial charge in [-0.3, -0.25) is 0 Å². The number of thiazole rings is 1. The number of rotatable bonds is 3. The van der Waals surface area contributed by atoms with Crippen molar-refractivity contribution in [1.29, 1.82) is 5.26 Å².